The van der Waals surface area contributed by atoms with Crippen LogP contribution in [0, 0.1) is 5.82 Å². The summed E-state index contributed by atoms with van der Waals surface area (Å²) >= 11 is 5.56. The lowest BCUT2D eigenvalue weighted by Gasteiger charge is -2.08. The quantitative estimate of drug-likeness (QED) is 0.868. The van der Waals surface area contributed by atoms with E-state index >= 15 is 0 Å². The van der Waals surface area contributed by atoms with Crippen LogP contribution in [0.15, 0.2) is 18.2 Å². The molecule has 0 heterocycles. The minimum absolute atomic E-state index is 0.0868. The SMILES string of the molecule is CC(OCc1ccc(Cl)cc1F)C(=O)O. The van der Waals surface area contributed by atoms with Crippen molar-refractivity contribution in [1.29, 1.82) is 0 Å². The number of carboxylic acids is 1. The zero-order valence-corrected chi connectivity index (χ0v) is 8.79. The molecule has 0 radical (unpaired) electrons. The third kappa shape index (κ3) is 3.49. The highest BCUT2D eigenvalue weighted by molar-refractivity contribution is 6.30. The summed E-state index contributed by atoms with van der Waals surface area (Å²) < 4.78 is 18.1. The fraction of sp³-hybridized carbons (Fsp3) is 0.300. The van der Waals surface area contributed by atoms with Crippen molar-refractivity contribution in [2.75, 3.05) is 0 Å². The van der Waals surface area contributed by atoms with E-state index < -0.39 is 17.9 Å². The van der Waals surface area contributed by atoms with E-state index in [2.05, 4.69) is 0 Å². The molecular formula is C10H10ClFO3. The Kier molecular flexibility index (Phi) is 4.05. The van der Waals surface area contributed by atoms with Crippen LogP contribution in [0.1, 0.15) is 12.5 Å². The van der Waals surface area contributed by atoms with Gasteiger partial charge in [-0.2, -0.15) is 0 Å². The third-order valence-corrected chi connectivity index (χ3v) is 2.09. The Morgan fingerprint density at radius 3 is 2.87 bits per heavy atom. The first-order valence-electron chi connectivity index (χ1n) is 4.29. The number of halogens is 2. The molecule has 0 aliphatic rings. The van der Waals surface area contributed by atoms with Crippen LogP contribution in [0.5, 0.6) is 0 Å². The summed E-state index contributed by atoms with van der Waals surface area (Å²) in [6.45, 7) is 1.30. The van der Waals surface area contributed by atoms with Crippen molar-refractivity contribution in [2.24, 2.45) is 0 Å². The molecule has 5 heteroatoms. The Morgan fingerprint density at radius 1 is 1.67 bits per heavy atom. The first kappa shape index (κ1) is 11.9. The summed E-state index contributed by atoms with van der Waals surface area (Å²) in [7, 11) is 0. The summed E-state index contributed by atoms with van der Waals surface area (Å²) in [5, 5.41) is 8.83. The number of hydrogen-bond acceptors (Lipinski definition) is 2. The lowest BCUT2D eigenvalue weighted by molar-refractivity contribution is -0.149. The first-order valence-corrected chi connectivity index (χ1v) is 4.67. The second kappa shape index (κ2) is 5.09. The average molecular weight is 233 g/mol. The van der Waals surface area contributed by atoms with Crippen LogP contribution in [-0.4, -0.2) is 17.2 Å². The van der Waals surface area contributed by atoms with E-state index in [1.807, 2.05) is 0 Å². The van der Waals surface area contributed by atoms with Gasteiger partial charge in [0.05, 0.1) is 6.61 Å². The number of carbonyl (C=O) groups is 1. The third-order valence-electron chi connectivity index (χ3n) is 1.85. The van der Waals surface area contributed by atoms with Gasteiger partial charge >= 0.3 is 5.97 Å². The van der Waals surface area contributed by atoms with Gasteiger partial charge in [0.1, 0.15) is 5.82 Å². The van der Waals surface area contributed by atoms with Crippen LogP contribution >= 0.6 is 11.6 Å². The molecule has 0 aliphatic carbocycles. The topological polar surface area (TPSA) is 46.5 Å². The Bertz CT molecular complexity index is 368. The van der Waals surface area contributed by atoms with Gasteiger partial charge in [-0.3, -0.25) is 0 Å². The standard InChI is InChI=1S/C10H10ClFO3/c1-6(10(13)14)15-5-7-2-3-8(11)4-9(7)12/h2-4,6H,5H2,1H3,(H,13,14). The number of carboxylic acid groups (broad SMARTS) is 1. The largest absolute Gasteiger partial charge is 0.479 e. The molecule has 0 spiro atoms. The molecule has 1 aromatic rings. The fourth-order valence-electron chi connectivity index (χ4n) is 0.925. The number of hydrogen-bond donors (Lipinski definition) is 1. The molecule has 82 valence electrons. The summed E-state index contributed by atoms with van der Waals surface area (Å²) in [6.07, 6.45) is -0.958. The van der Waals surface area contributed by atoms with Crippen molar-refractivity contribution in [3.63, 3.8) is 0 Å². The van der Waals surface area contributed by atoms with E-state index in [4.69, 9.17) is 21.4 Å². The normalized spacial score (nSPS) is 12.5. The maximum atomic E-state index is 13.2. The highest BCUT2D eigenvalue weighted by Gasteiger charge is 2.12. The van der Waals surface area contributed by atoms with Gasteiger partial charge in [-0.05, 0) is 19.1 Å². The monoisotopic (exact) mass is 232 g/mol. The van der Waals surface area contributed by atoms with Crippen LogP contribution in [0.25, 0.3) is 0 Å². The van der Waals surface area contributed by atoms with E-state index in [-0.39, 0.29) is 12.2 Å². The van der Waals surface area contributed by atoms with Crippen molar-refractivity contribution < 1.29 is 19.0 Å². The maximum Gasteiger partial charge on any atom is 0.332 e. The van der Waals surface area contributed by atoms with Crippen molar-refractivity contribution in [2.45, 2.75) is 19.6 Å². The van der Waals surface area contributed by atoms with Gasteiger partial charge in [0.15, 0.2) is 6.10 Å². The predicted octanol–water partition coefficient (Wildman–Crippen LogP) is 2.47. The average Bonchev–Trinajstić information content (AvgIpc) is 2.15. The number of ether oxygens (including phenoxy) is 1. The Balaban J connectivity index is 2.62. The molecule has 0 saturated carbocycles. The van der Waals surface area contributed by atoms with E-state index in [9.17, 15) is 9.18 Å². The lowest BCUT2D eigenvalue weighted by atomic mass is 10.2. The molecule has 0 saturated heterocycles. The predicted molar refractivity (Wildman–Crippen MR) is 53.3 cm³/mol. The van der Waals surface area contributed by atoms with Crippen LogP contribution in [0.2, 0.25) is 5.02 Å². The Labute approximate surface area is 91.4 Å². The van der Waals surface area contributed by atoms with Crippen LogP contribution in [0.3, 0.4) is 0 Å². The zero-order chi connectivity index (χ0) is 11.4. The molecule has 15 heavy (non-hydrogen) atoms. The van der Waals surface area contributed by atoms with Crippen molar-refractivity contribution in [3.05, 3.63) is 34.6 Å². The molecule has 1 N–H and O–H groups in total. The maximum absolute atomic E-state index is 13.2. The molecule has 1 unspecified atom stereocenters. The molecule has 1 rings (SSSR count). The van der Waals surface area contributed by atoms with Crippen LogP contribution in [0.4, 0.5) is 4.39 Å². The van der Waals surface area contributed by atoms with Gasteiger partial charge in [-0.25, -0.2) is 9.18 Å². The Hall–Kier alpha value is -1.13. The molecule has 0 bridgehead atoms. The number of aliphatic carboxylic acids is 1. The van der Waals surface area contributed by atoms with E-state index in [1.165, 1.54) is 19.1 Å². The molecule has 0 amide bonds. The summed E-state index contributed by atoms with van der Waals surface area (Å²) in [6, 6.07) is 4.15. The van der Waals surface area contributed by atoms with E-state index in [1.54, 1.807) is 0 Å². The lowest BCUT2D eigenvalue weighted by Crippen LogP contribution is -2.19. The number of benzene rings is 1. The summed E-state index contributed by atoms with van der Waals surface area (Å²) in [4.78, 5) is 10.4. The minimum atomic E-state index is -1.08. The molecule has 1 aromatic carbocycles. The highest BCUT2D eigenvalue weighted by Crippen LogP contribution is 2.15. The van der Waals surface area contributed by atoms with Gasteiger partial charge in [0, 0.05) is 10.6 Å². The molecule has 0 aliphatic heterocycles. The zero-order valence-electron chi connectivity index (χ0n) is 8.04. The first-order chi connectivity index (χ1) is 7.00. The second-order valence-corrected chi connectivity index (χ2v) is 3.46. The Morgan fingerprint density at radius 2 is 2.33 bits per heavy atom. The molecular weight excluding hydrogens is 223 g/mol. The number of rotatable bonds is 4. The van der Waals surface area contributed by atoms with Crippen molar-refractivity contribution in [1.82, 2.24) is 0 Å². The second-order valence-electron chi connectivity index (χ2n) is 3.03. The van der Waals surface area contributed by atoms with Crippen LogP contribution in [-0.2, 0) is 16.1 Å². The van der Waals surface area contributed by atoms with Gasteiger partial charge in [0.2, 0.25) is 0 Å². The summed E-state index contributed by atoms with van der Waals surface area (Å²) in [5.41, 5.74) is 0.285. The van der Waals surface area contributed by atoms with E-state index in [0.29, 0.717) is 5.02 Å². The minimum Gasteiger partial charge on any atom is -0.479 e. The van der Waals surface area contributed by atoms with Gasteiger partial charge < -0.3 is 9.84 Å². The molecule has 3 nitrogen and oxygen atoms in total. The fourth-order valence-corrected chi connectivity index (χ4v) is 1.08. The highest BCUT2D eigenvalue weighted by atomic mass is 35.5. The molecule has 1 atom stereocenters. The van der Waals surface area contributed by atoms with Gasteiger partial charge in [-0.15, -0.1) is 0 Å². The van der Waals surface area contributed by atoms with Crippen molar-refractivity contribution in [3.8, 4) is 0 Å². The van der Waals surface area contributed by atoms with E-state index in [0.717, 1.165) is 6.07 Å². The molecule has 0 fully saturated rings. The van der Waals surface area contributed by atoms with Gasteiger partial charge in [0.25, 0.3) is 0 Å². The smallest absolute Gasteiger partial charge is 0.332 e. The van der Waals surface area contributed by atoms with Crippen LogP contribution < -0.4 is 0 Å². The van der Waals surface area contributed by atoms with Gasteiger partial charge in [-0.1, -0.05) is 17.7 Å². The molecule has 0 aromatic heterocycles. The summed E-state index contributed by atoms with van der Waals surface area (Å²) in [5.74, 6) is -1.58. The van der Waals surface area contributed by atoms with Crippen molar-refractivity contribution >= 4 is 17.6 Å².